The van der Waals surface area contributed by atoms with Crippen LogP contribution in [-0.2, 0) is 14.9 Å². The van der Waals surface area contributed by atoms with E-state index >= 15 is 0 Å². The molecule has 0 aromatic heterocycles. The molecule has 2 aliphatic heterocycles. The number of rotatable bonds is 5. The molecule has 11 heteroatoms. The number of hydrogen-bond donors (Lipinski definition) is 2. The summed E-state index contributed by atoms with van der Waals surface area (Å²) in [5.74, 6) is 1.24. The highest BCUT2D eigenvalue weighted by molar-refractivity contribution is 7.88. The molecule has 3 unspecified atom stereocenters. The van der Waals surface area contributed by atoms with Crippen molar-refractivity contribution in [1.29, 1.82) is 0 Å². The second kappa shape index (κ2) is 10.6. The molecule has 10 nitrogen and oxygen atoms in total. The number of benzene rings is 2. The van der Waals surface area contributed by atoms with E-state index in [0.29, 0.717) is 43.9 Å². The Morgan fingerprint density at radius 1 is 0.907 bits per heavy atom. The fraction of sp³-hybridized carbons (Fsp3) is 0.594. The van der Waals surface area contributed by atoms with E-state index in [4.69, 9.17) is 4.84 Å². The lowest BCUT2D eigenvalue weighted by Crippen LogP contribution is -2.62. The van der Waals surface area contributed by atoms with Crippen molar-refractivity contribution in [2.75, 3.05) is 47.3 Å². The molecule has 2 heterocycles. The summed E-state index contributed by atoms with van der Waals surface area (Å²) in [6.45, 7) is 6.37. The van der Waals surface area contributed by atoms with Gasteiger partial charge in [-0.25, -0.2) is 18.3 Å². The number of hydrogen-bond acceptors (Lipinski definition) is 8. The Balaban J connectivity index is 1.02. The Hall–Kier alpha value is -3.02. The van der Waals surface area contributed by atoms with E-state index in [2.05, 4.69) is 39.4 Å². The fourth-order valence-corrected chi connectivity index (χ4v) is 10.6. The van der Waals surface area contributed by atoms with Crippen LogP contribution in [0.5, 0.6) is 0 Å². The van der Waals surface area contributed by atoms with Gasteiger partial charge in [0.2, 0.25) is 10.0 Å². The van der Waals surface area contributed by atoms with Crippen LogP contribution in [0.15, 0.2) is 48.5 Å². The number of anilines is 4. The Kier molecular flexibility index (Phi) is 7.05. The molecule has 1 saturated heterocycles. The van der Waals surface area contributed by atoms with E-state index < -0.39 is 21.7 Å². The Morgan fingerprint density at radius 2 is 1.51 bits per heavy atom. The number of carbonyl (C=O) groups excluding carboxylic acids is 1. The molecule has 5 fully saturated rings. The minimum atomic E-state index is -3.25. The molecule has 4 saturated carbocycles. The van der Waals surface area contributed by atoms with Gasteiger partial charge in [-0.2, -0.15) is 4.31 Å². The summed E-state index contributed by atoms with van der Waals surface area (Å²) >= 11 is 0. The van der Waals surface area contributed by atoms with Crippen LogP contribution in [0.3, 0.4) is 0 Å². The number of carbonyl (C=O) groups is 1. The number of piperazine rings is 1. The normalized spacial score (nSPS) is 33.8. The first kappa shape index (κ1) is 28.7. The third-order valence-corrected chi connectivity index (χ3v) is 11.9. The number of para-hydroxylation sites is 2. The molecule has 0 spiro atoms. The molecule has 4 aliphatic carbocycles. The van der Waals surface area contributed by atoms with Crippen molar-refractivity contribution >= 4 is 38.9 Å². The van der Waals surface area contributed by atoms with Gasteiger partial charge in [-0.05, 0) is 100 Å². The molecule has 2 aromatic rings. The van der Waals surface area contributed by atoms with Crippen molar-refractivity contribution in [3.8, 4) is 0 Å². The van der Waals surface area contributed by atoms with Crippen LogP contribution in [0.25, 0.3) is 0 Å². The predicted octanol–water partition coefficient (Wildman–Crippen LogP) is 4.08. The van der Waals surface area contributed by atoms with Crippen LogP contribution in [-0.4, -0.2) is 80.1 Å². The zero-order valence-electron chi connectivity index (χ0n) is 25.2. The molecule has 6 aliphatic rings. The van der Waals surface area contributed by atoms with Gasteiger partial charge in [-0.15, -0.1) is 0 Å². The number of fused-ring (bicyclic) bond motifs is 1. The second-order valence-electron chi connectivity index (χ2n) is 13.7. The summed E-state index contributed by atoms with van der Waals surface area (Å²) in [6.07, 6.45) is 5.51. The van der Waals surface area contributed by atoms with Crippen LogP contribution < -0.4 is 20.2 Å². The second-order valence-corrected chi connectivity index (χ2v) is 15.6. The highest BCUT2D eigenvalue weighted by atomic mass is 32.2. The van der Waals surface area contributed by atoms with Crippen LogP contribution in [0.4, 0.5) is 27.5 Å². The van der Waals surface area contributed by atoms with E-state index in [0.717, 1.165) is 54.9 Å². The Morgan fingerprint density at radius 3 is 2.12 bits per heavy atom. The summed E-state index contributed by atoms with van der Waals surface area (Å²) in [5, 5.41) is 15.8. The highest BCUT2D eigenvalue weighted by Crippen LogP contribution is 2.55. The lowest BCUT2D eigenvalue weighted by atomic mass is 9.52. The largest absolute Gasteiger partial charge is 0.431 e. The van der Waals surface area contributed by atoms with E-state index in [1.807, 2.05) is 38.1 Å². The standard InChI is InChI=1S/C32H43N5O5S/c1-21-19-34(20-22(2)37(21)43(3,40)41)26-8-10-27(11-9-26)35-12-13-36(29-7-5-4-6-28(29)35)42-31(38)33-30-24-14-23-15-25(30)18-32(39,16-23)17-24/h4-11,21-25,30,39H,12-20H2,1-3H3,(H,33,38)/t21-,22+,23?,24-,25+,30?,32?. The molecule has 4 bridgehead atoms. The van der Waals surface area contributed by atoms with Gasteiger partial charge < -0.3 is 25.1 Å². The maximum atomic E-state index is 13.2. The van der Waals surface area contributed by atoms with Gasteiger partial charge in [0.15, 0.2) is 0 Å². The minimum Gasteiger partial charge on any atom is -0.390 e. The zero-order chi connectivity index (χ0) is 30.1. The van der Waals surface area contributed by atoms with Crippen molar-refractivity contribution < 1.29 is 23.2 Å². The van der Waals surface area contributed by atoms with Crippen molar-refractivity contribution in [2.45, 2.75) is 69.7 Å². The topological polar surface area (TPSA) is 106 Å². The lowest BCUT2D eigenvalue weighted by Gasteiger charge is -2.57. The molecule has 2 aromatic carbocycles. The van der Waals surface area contributed by atoms with Crippen LogP contribution in [0, 0.1) is 17.8 Å². The third-order valence-electron chi connectivity index (χ3n) is 10.4. The monoisotopic (exact) mass is 609 g/mol. The number of sulfonamides is 1. The molecule has 1 amide bonds. The van der Waals surface area contributed by atoms with E-state index in [1.54, 1.807) is 9.37 Å². The van der Waals surface area contributed by atoms with Gasteiger partial charge >= 0.3 is 6.09 Å². The van der Waals surface area contributed by atoms with Gasteiger partial charge in [-0.1, -0.05) is 12.1 Å². The van der Waals surface area contributed by atoms with Gasteiger partial charge in [0.1, 0.15) is 0 Å². The Labute approximate surface area is 254 Å². The summed E-state index contributed by atoms with van der Waals surface area (Å²) in [5.41, 5.74) is 3.39. The maximum absolute atomic E-state index is 13.2. The van der Waals surface area contributed by atoms with Crippen LogP contribution >= 0.6 is 0 Å². The SMILES string of the molecule is C[C@@H]1CN(c2ccc(N3CCN(OC(=O)NC4[C@@H]5CC6C[C@H]4CC(O)(C6)C5)c4ccccc43)cc2)C[C@H](C)N1S(C)(=O)=O. The summed E-state index contributed by atoms with van der Waals surface area (Å²) in [7, 11) is -3.25. The quantitative estimate of drug-likeness (QED) is 0.523. The average molecular weight is 610 g/mol. The molecular weight excluding hydrogens is 566 g/mol. The van der Waals surface area contributed by atoms with E-state index in [-0.39, 0.29) is 18.1 Å². The minimum absolute atomic E-state index is 0.0692. The predicted molar refractivity (Wildman–Crippen MR) is 167 cm³/mol. The molecule has 7 atom stereocenters. The highest BCUT2D eigenvalue weighted by Gasteiger charge is 2.55. The average Bonchev–Trinajstić information content (AvgIpc) is 2.93. The van der Waals surface area contributed by atoms with Crippen molar-refractivity contribution in [2.24, 2.45) is 17.8 Å². The van der Waals surface area contributed by atoms with Crippen molar-refractivity contribution in [3.05, 3.63) is 48.5 Å². The fourth-order valence-electron chi connectivity index (χ4n) is 9.19. The molecule has 8 rings (SSSR count). The summed E-state index contributed by atoms with van der Waals surface area (Å²) < 4.78 is 26.1. The van der Waals surface area contributed by atoms with Crippen LogP contribution in [0.1, 0.15) is 46.0 Å². The molecule has 0 radical (unpaired) electrons. The number of aliphatic hydroxyl groups is 1. The number of hydroxylamine groups is 1. The first-order valence-corrected chi connectivity index (χ1v) is 17.5. The maximum Gasteiger partial charge on any atom is 0.431 e. The molecule has 43 heavy (non-hydrogen) atoms. The molecule has 2 N–H and O–H groups in total. The number of amides is 1. The van der Waals surface area contributed by atoms with E-state index in [1.165, 1.54) is 6.26 Å². The smallest absolute Gasteiger partial charge is 0.390 e. The van der Waals surface area contributed by atoms with Gasteiger partial charge in [-0.3, -0.25) is 0 Å². The van der Waals surface area contributed by atoms with Crippen LogP contribution in [0.2, 0.25) is 0 Å². The van der Waals surface area contributed by atoms with Gasteiger partial charge in [0, 0.05) is 49.1 Å². The Bertz CT molecular complexity index is 1460. The zero-order valence-corrected chi connectivity index (χ0v) is 26.0. The first-order chi connectivity index (χ1) is 20.5. The first-order valence-electron chi connectivity index (χ1n) is 15.7. The third kappa shape index (κ3) is 5.33. The van der Waals surface area contributed by atoms with Gasteiger partial charge in [0.05, 0.1) is 29.8 Å². The van der Waals surface area contributed by atoms with Crippen molar-refractivity contribution in [1.82, 2.24) is 9.62 Å². The number of nitrogens with one attached hydrogen (secondary N) is 1. The number of nitrogens with zero attached hydrogens (tertiary/aromatic N) is 4. The van der Waals surface area contributed by atoms with Crippen molar-refractivity contribution in [3.63, 3.8) is 0 Å². The lowest BCUT2D eigenvalue weighted by molar-refractivity contribution is -0.137. The summed E-state index contributed by atoms with van der Waals surface area (Å²) in [4.78, 5) is 23.6. The molecular formula is C32H43N5O5S. The van der Waals surface area contributed by atoms with Gasteiger partial charge in [0.25, 0.3) is 0 Å². The molecule has 232 valence electrons. The van der Waals surface area contributed by atoms with E-state index in [9.17, 15) is 18.3 Å². The summed E-state index contributed by atoms with van der Waals surface area (Å²) in [6, 6.07) is 16.2.